The highest BCUT2D eigenvalue weighted by molar-refractivity contribution is 6.29. The zero-order valence-corrected chi connectivity index (χ0v) is 10.4. The highest BCUT2D eigenvalue weighted by Gasteiger charge is 2.26. The van der Waals surface area contributed by atoms with Gasteiger partial charge in [0, 0.05) is 24.8 Å². The first-order valence-corrected chi connectivity index (χ1v) is 5.90. The van der Waals surface area contributed by atoms with Gasteiger partial charge in [-0.2, -0.15) is 0 Å². The van der Waals surface area contributed by atoms with Crippen LogP contribution in [0.5, 0.6) is 0 Å². The number of aryl methyl sites for hydroxylation is 1. The summed E-state index contributed by atoms with van der Waals surface area (Å²) < 4.78 is 0. The van der Waals surface area contributed by atoms with Crippen LogP contribution in [0.15, 0.2) is 6.07 Å². The van der Waals surface area contributed by atoms with Crippen LogP contribution in [0, 0.1) is 12.8 Å². The molecule has 4 nitrogen and oxygen atoms in total. The van der Waals surface area contributed by atoms with Gasteiger partial charge < -0.3 is 5.73 Å². The molecule has 1 fully saturated rings. The van der Waals surface area contributed by atoms with Crippen molar-refractivity contribution in [2.75, 3.05) is 13.1 Å². The third kappa shape index (κ3) is 2.70. The summed E-state index contributed by atoms with van der Waals surface area (Å²) in [6, 6.07) is 2.03. The third-order valence-corrected chi connectivity index (χ3v) is 3.17. The minimum atomic E-state index is 0.264. The maximum absolute atomic E-state index is 5.97. The second-order valence-electron chi connectivity index (χ2n) is 4.58. The maximum Gasteiger partial charge on any atom is 0.144 e. The maximum atomic E-state index is 5.97. The molecule has 0 bridgehead atoms. The van der Waals surface area contributed by atoms with Crippen LogP contribution >= 0.6 is 11.6 Å². The van der Waals surface area contributed by atoms with Crippen LogP contribution in [-0.2, 0) is 6.54 Å². The van der Waals surface area contributed by atoms with E-state index in [0.717, 1.165) is 31.2 Å². The molecule has 2 rings (SSSR count). The van der Waals surface area contributed by atoms with Crippen LogP contribution < -0.4 is 5.73 Å². The van der Waals surface area contributed by atoms with E-state index >= 15 is 0 Å². The minimum Gasteiger partial charge on any atom is -0.326 e. The lowest BCUT2D eigenvalue weighted by molar-refractivity contribution is 0.310. The van der Waals surface area contributed by atoms with Crippen molar-refractivity contribution in [3.63, 3.8) is 0 Å². The molecule has 5 heteroatoms. The first-order chi connectivity index (χ1) is 7.54. The summed E-state index contributed by atoms with van der Waals surface area (Å²) in [7, 11) is 0. The first-order valence-electron chi connectivity index (χ1n) is 5.52. The molecular formula is C11H17ClN4. The largest absolute Gasteiger partial charge is 0.326 e. The van der Waals surface area contributed by atoms with Crippen molar-refractivity contribution < 1.29 is 0 Å². The Bertz CT molecular complexity index is 352. The quantitative estimate of drug-likeness (QED) is 0.790. The summed E-state index contributed by atoms with van der Waals surface area (Å²) in [5.41, 5.74) is 6.88. The van der Waals surface area contributed by atoms with Gasteiger partial charge in [-0.3, -0.25) is 4.90 Å². The van der Waals surface area contributed by atoms with Crippen LogP contribution in [0.25, 0.3) is 0 Å². The summed E-state index contributed by atoms with van der Waals surface area (Å²) in [4.78, 5) is 10.9. The van der Waals surface area contributed by atoms with E-state index in [0.29, 0.717) is 11.1 Å². The van der Waals surface area contributed by atoms with Crippen molar-refractivity contribution in [1.29, 1.82) is 0 Å². The number of rotatable bonds is 2. The Hall–Kier alpha value is -0.710. The third-order valence-electron chi connectivity index (χ3n) is 2.98. The van der Waals surface area contributed by atoms with E-state index in [2.05, 4.69) is 21.8 Å². The Morgan fingerprint density at radius 3 is 2.81 bits per heavy atom. The molecule has 1 saturated heterocycles. The predicted octanol–water partition coefficient (Wildman–Crippen LogP) is 1.22. The lowest BCUT2D eigenvalue weighted by Crippen LogP contribution is -2.28. The fraction of sp³-hybridized carbons (Fsp3) is 0.636. The van der Waals surface area contributed by atoms with E-state index in [4.69, 9.17) is 17.3 Å². The Balaban J connectivity index is 2.04. The molecule has 2 atom stereocenters. The smallest absolute Gasteiger partial charge is 0.144 e. The van der Waals surface area contributed by atoms with Crippen LogP contribution in [0.3, 0.4) is 0 Å². The van der Waals surface area contributed by atoms with Crippen LogP contribution in [0.1, 0.15) is 18.4 Å². The molecule has 88 valence electrons. The number of halogens is 1. The van der Waals surface area contributed by atoms with Gasteiger partial charge >= 0.3 is 0 Å². The number of aromatic nitrogens is 2. The summed E-state index contributed by atoms with van der Waals surface area (Å²) in [5, 5.41) is 0.513. The minimum absolute atomic E-state index is 0.264. The van der Waals surface area contributed by atoms with E-state index in [1.165, 1.54) is 0 Å². The molecule has 1 aromatic heterocycles. The fourth-order valence-electron chi connectivity index (χ4n) is 2.08. The molecule has 16 heavy (non-hydrogen) atoms. The monoisotopic (exact) mass is 240 g/mol. The normalized spacial score (nSPS) is 26.2. The van der Waals surface area contributed by atoms with Gasteiger partial charge in [0.05, 0.1) is 6.54 Å². The van der Waals surface area contributed by atoms with E-state index in [1.54, 1.807) is 6.07 Å². The Kier molecular flexibility index (Phi) is 3.42. The summed E-state index contributed by atoms with van der Waals surface area (Å²) in [5.74, 6) is 1.33. The second kappa shape index (κ2) is 4.65. The fourth-order valence-corrected chi connectivity index (χ4v) is 2.34. The van der Waals surface area contributed by atoms with Gasteiger partial charge in [-0.1, -0.05) is 18.5 Å². The molecule has 0 amide bonds. The van der Waals surface area contributed by atoms with Crippen molar-refractivity contribution in [2.24, 2.45) is 11.7 Å². The van der Waals surface area contributed by atoms with Gasteiger partial charge in [0.1, 0.15) is 11.0 Å². The number of nitrogens with two attached hydrogens (primary N) is 1. The average molecular weight is 241 g/mol. The zero-order valence-electron chi connectivity index (χ0n) is 9.65. The molecule has 2 unspecified atom stereocenters. The molecule has 0 aliphatic carbocycles. The van der Waals surface area contributed by atoms with Crippen molar-refractivity contribution in [3.05, 3.63) is 22.7 Å². The Morgan fingerprint density at radius 1 is 1.50 bits per heavy atom. The zero-order chi connectivity index (χ0) is 11.7. The molecule has 1 aliphatic rings. The molecule has 0 aromatic carbocycles. The van der Waals surface area contributed by atoms with E-state index in [-0.39, 0.29) is 6.04 Å². The van der Waals surface area contributed by atoms with Gasteiger partial charge in [0.25, 0.3) is 0 Å². The standard InChI is InChI=1S/C11H17ClN4/c1-7-4-16(5-9(7)13)6-11-14-8(2)3-10(12)15-11/h3,7,9H,4-6,13H2,1-2H3. The first kappa shape index (κ1) is 11.8. The topological polar surface area (TPSA) is 55.0 Å². The van der Waals surface area contributed by atoms with Gasteiger partial charge in [-0.15, -0.1) is 0 Å². The SMILES string of the molecule is Cc1cc(Cl)nc(CN2CC(C)C(N)C2)n1. The Labute approximate surface area is 101 Å². The van der Waals surface area contributed by atoms with Gasteiger partial charge in [-0.25, -0.2) is 9.97 Å². The van der Waals surface area contributed by atoms with Crippen LogP contribution in [-0.4, -0.2) is 34.0 Å². The van der Waals surface area contributed by atoms with Gasteiger partial charge in [-0.05, 0) is 18.9 Å². The van der Waals surface area contributed by atoms with Crippen LogP contribution in [0.4, 0.5) is 0 Å². The Morgan fingerprint density at radius 2 is 2.25 bits per heavy atom. The highest BCUT2D eigenvalue weighted by atomic mass is 35.5. The second-order valence-corrected chi connectivity index (χ2v) is 4.97. The molecule has 1 aromatic rings. The van der Waals surface area contributed by atoms with E-state index in [9.17, 15) is 0 Å². The molecule has 2 heterocycles. The molecular weight excluding hydrogens is 224 g/mol. The van der Waals surface area contributed by atoms with E-state index in [1.807, 2.05) is 6.92 Å². The summed E-state index contributed by atoms with van der Waals surface area (Å²) >= 11 is 5.90. The van der Waals surface area contributed by atoms with Crippen LogP contribution in [0.2, 0.25) is 5.15 Å². The lowest BCUT2D eigenvalue weighted by atomic mass is 10.1. The lowest BCUT2D eigenvalue weighted by Gasteiger charge is -2.14. The summed E-state index contributed by atoms with van der Waals surface area (Å²) in [6.07, 6.45) is 0. The molecule has 0 saturated carbocycles. The summed E-state index contributed by atoms with van der Waals surface area (Å²) in [6.45, 7) is 6.76. The van der Waals surface area contributed by atoms with Crippen molar-refractivity contribution in [2.45, 2.75) is 26.4 Å². The van der Waals surface area contributed by atoms with Crippen molar-refractivity contribution in [3.8, 4) is 0 Å². The molecule has 1 aliphatic heterocycles. The molecule has 2 N–H and O–H groups in total. The average Bonchev–Trinajstić information content (AvgIpc) is 2.43. The number of hydrogen-bond acceptors (Lipinski definition) is 4. The highest BCUT2D eigenvalue weighted by Crippen LogP contribution is 2.16. The van der Waals surface area contributed by atoms with Gasteiger partial charge in [0.2, 0.25) is 0 Å². The number of nitrogens with zero attached hydrogens (tertiary/aromatic N) is 3. The van der Waals surface area contributed by atoms with Crippen molar-refractivity contribution >= 4 is 11.6 Å². The molecule has 0 radical (unpaired) electrons. The predicted molar refractivity (Wildman–Crippen MR) is 64.2 cm³/mol. The number of hydrogen-bond donors (Lipinski definition) is 1. The van der Waals surface area contributed by atoms with Crippen molar-refractivity contribution in [1.82, 2.24) is 14.9 Å². The van der Waals surface area contributed by atoms with E-state index < -0.39 is 0 Å². The molecule has 0 spiro atoms. The number of likely N-dealkylation sites (tertiary alicyclic amines) is 1. The van der Waals surface area contributed by atoms with Gasteiger partial charge in [0.15, 0.2) is 0 Å².